The molecule has 0 saturated carbocycles. The Morgan fingerprint density at radius 2 is 1.92 bits per heavy atom. The quantitative estimate of drug-likeness (QED) is 0.688. The molecule has 26 heavy (non-hydrogen) atoms. The molecule has 7 nitrogen and oxygen atoms in total. The van der Waals surface area contributed by atoms with Crippen molar-refractivity contribution in [3.05, 3.63) is 58.6 Å². The predicted octanol–water partition coefficient (Wildman–Crippen LogP) is 2.21. The second kappa shape index (κ2) is 8.87. The van der Waals surface area contributed by atoms with Crippen molar-refractivity contribution in [2.45, 2.75) is 6.92 Å². The van der Waals surface area contributed by atoms with Crippen LogP contribution in [0, 0.1) is 0 Å². The van der Waals surface area contributed by atoms with Gasteiger partial charge in [-0.15, -0.1) is 0 Å². The molecule has 0 aliphatic rings. The van der Waals surface area contributed by atoms with Crippen molar-refractivity contribution in [2.24, 2.45) is 5.73 Å². The summed E-state index contributed by atoms with van der Waals surface area (Å²) >= 11 is 5.82. The highest BCUT2D eigenvalue weighted by atomic mass is 35.5. The topological polar surface area (TPSA) is 111 Å². The van der Waals surface area contributed by atoms with Crippen LogP contribution in [0.15, 0.2) is 42.5 Å². The Morgan fingerprint density at radius 1 is 1.15 bits per heavy atom. The number of hydrogen-bond donors (Lipinski definition) is 3. The molecular weight excluding hydrogens is 358 g/mol. The number of benzene rings is 2. The van der Waals surface area contributed by atoms with Gasteiger partial charge in [0.15, 0.2) is 6.61 Å². The molecule has 0 radical (unpaired) electrons. The first-order valence-corrected chi connectivity index (χ1v) is 8.18. The van der Waals surface area contributed by atoms with Crippen molar-refractivity contribution in [1.82, 2.24) is 5.32 Å². The van der Waals surface area contributed by atoms with Gasteiger partial charge < -0.3 is 21.1 Å². The predicted molar refractivity (Wildman–Crippen MR) is 98.5 cm³/mol. The summed E-state index contributed by atoms with van der Waals surface area (Å²) in [6, 6.07) is 10.9. The van der Waals surface area contributed by atoms with Crippen LogP contribution in [0.4, 0.5) is 5.69 Å². The molecule has 0 saturated heterocycles. The number of rotatable bonds is 7. The van der Waals surface area contributed by atoms with E-state index in [0.717, 1.165) is 0 Å². The first-order valence-electron chi connectivity index (χ1n) is 7.81. The van der Waals surface area contributed by atoms with Gasteiger partial charge >= 0.3 is 0 Å². The van der Waals surface area contributed by atoms with Gasteiger partial charge in [-0.2, -0.15) is 0 Å². The van der Waals surface area contributed by atoms with Crippen molar-refractivity contribution in [2.75, 3.05) is 18.5 Å². The van der Waals surface area contributed by atoms with Crippen LogP contribution < -0.4 is 21.1 Å². The number of ether oxygens (including phenoxy) is 1. The molecule has 0 spiro atoms. The molecule has 0 unspecified atom stereocenters. The van der Waals surface area contributed by atoms with Crippen molar-refractivity contribution in [3.63, 3.8) is 0 Å². The molecular formula is C18H18ClN3O4. The number of carbonyl (C=O) groups is 3. The minimum atomic E-state index is -0.711. The lowest BCUT2D eigenvalue weighted by Gasteiger charge is -2.11. The summed E-state index contributed by atoms with van der Waals surface area (Å²) in [5, 5.41) is 5.63. The molecule has 0 fully saturated rings. The van der Waals surface area contributed by atoms with Crippen LogP contribution in [0.1, 0.15) is 27.6 Å². The highest BCUT2D eigenvalue weighted by Gasteiger charge is 2.12. The molecule has 0 bridgehead atoms. The summed E-state index contributed by atoms with van der Waals surface area (Å²) < 4.78 is 5.35. The first-order chi connectivity index (χ1) is 12.4. The van der Waals surface area contributed by atoms with Crippen LogP contribution in [0.25, 0.3) is 0 Å². The van der Waals surface area contributed by atoms with Crippen LogP contribution in [-0.4, -0.2) is 30.9 Å². The monoisotopic (exact) mass is 375 g/mol. The third-order valence-corrected chi connectivity index (χ3v) is 3.55. The van der Waals surface area contributed by atoms with Crippen molar-refractivity contribution in [3.8, 4) is 5.75 Å². The summed E-state index contributed by atoms with van der Waals surface area (Å²) in [4.78, 5) is 35.3. The number of nitrogens with one attached hydrogen (secondary N) is 2. The fourth-order valence-corrected chi connectivity index (χ4v) is 2.33. The zero-order valence-electron chi connectivity index (χ0n) is 14.0. The van der Waals surface area contributed by atoms with Crippen LogP contribution in [0.2, 0.25) is 5.02 Å². The molecule has 4 N–H and O–H groups in total. The molecule has 0 heterocycles. The fraction of sp³-hybridized carbons (Fsp3) is 0.167. The average Bonchev–Trinajstić information content (AvgIpc) is 2.61. The van der Waals surface area contributed by atoms with Crippen LogP contribution in [-0.2, 0) is 4.79 Å². The minimum absolute atomic E-state index is 0.0866. The van der Waals surface area contributed by atoms with Gasteiger partial charge in [0.2, 0.25) is 0 Å². The molecule has 0 aliphatic carbocycles. The minimum Gasteiger partial charge on any atom is -0.483 e. The van der Waals surface area contributed by atoms with E-state index in [-0.39, 0.29) is 23.8 Å². The number of hydrogen-bond acceptors (Lipinski definition) is 4. The van der Waals surface area contributed by atoms with Gasteiger partial charge in [0.1, 0.15) is 5.75 Å². The van der Waals surface area contributed by atoms with Gasteiger partial charge in [-0.05, 0) is 43.3 Å². The molecule has 3 amide bonds. The van der Waals surface area contributed by atoms with Gasteiger partial charge in [-0.1, -0.05) is 17.7 Å². The molecule has 2 aromatic rings. The van der Waals surface area contributed by atoms with Gasteiger partial charge in [-0.3, -0.25) is 14.4 Å². The third-order valence-electron chi connectivity index (χ3n) is 3.31. The Bertz CT molecular complexity index is 839. The summed E-state index contributed by atoms with van der Waals surface area (Å²) in [6.45, 7) is 1.98. The summed E-state index contributed by atoms with van der Waals surface area (Å²) in [7, 11) is 0. The van der Waals surface area contributed by atoms with E-state index < -0.39 is 11.8 Å². The van der Waals surface area contributed by atoms with E-state index in [9.17, 15) is 14.4 Å². The number of nitrogens with two attached hydrogens (primary N) is 1. The maximum absolute atomic E-state index is 12.1. The van der Waals surface area contributed by atoms with Crippen LogP contribution in [0.5, 0.6) is 5.75 Å². The van der Waals surface area contributed by atoms with Crippen molar-refractivity contribution in [1.29, 1.82) is 0 Å². The zero-order valence-corrected chi connectivity index (χ0v) is 14.8. The van der Waals surface area contributed by atoms with E-state index in [1.165, 1.54) is 18.2 Å². The van der Waals surface area contributed by atoms with E-state index in [1.54, 1.807) is 24.3 Å². The third kappa shape index (κ3) is 5.22. The van der Waals surface area contributed by atoms with E-state index in [1.807, 2.05) is 6.92 Å². The number of halogens is 1. The number of amides is 3. The molecule has 8 heteroatoms. The zero-order chi connectivity index (χ0) is 19.1. The highest BCUT2D eigenvalue weighted by molar-refractivity contribution is 6.31. The molecule has 2 rings (SSSR count). The summed E-state index contributed by atoms with van der Waals surface area (Å²) in [6.07, 6.45) is 0. The number of anilines is 1. The van der Waals surface area contributed by atoms with Crippen LogP contribution in [0.3, 0.4) is 0 Å². The van der Waals surface area contributed by atoms with Crippen molar-refractivity contribution < 1.29 is 19.1 Å². The van der Waals surface area contributed by atoms with E-state index in [0.29, 0.717) is 22.8 Å². The molecule has 0 atom stereocenters. The molecule has 0 aliphatic heterocycles. The average molecular weight is 376 g/mol. The fourth-order valence-electron chi connectivity index (χ4n) is 2.16. The Hall–Kier alpha value is -3.06. The summed E-state index contributed by atoms with van der Waals surface area (Å²) in [5.74, 6) is -1.23. The van der Waals surface area contributed by atoms with Gasteiger partial charge in [-0.25, -0.2) is 0 Å². The standard InChI is InChI=1S/C18H18ClN3O4/c1-2-21-18(25)11-4-3-5-13(8-11)22-16(23)10-26-15-7-6-12(19)9-14(15)17(20)24/h3-9H,2,10H2,1H3,(H2,20,24)(H,21,25)(H,22,23). The largest absolute Gasteiger partial charge is 0.483 e. The Morgan fingerprint density at radius 3 is 2.62 bits per heavy atom. The van der Waals surface area contributed by atoms with Gasteiger partial charge in [0, 0.05) is 22.8 Å². The molecule has 136 valence electrons. The van der Waals surface area contributed by atoms with Gasteiger partial charge in [0.25, 0.3) is 17.7 Å². The maximum Gasteiger partial charge on any atom is 0.262 e. The SMILES string of the molecule is CCNC(=O)c1cccc(NC(=O)COc2ccc(Cl)cc2C(N)=O)c1. The normalized spacial score (nSPS) is 10.1. The van der Waals surface area contributed by atoms with E-state index in [4.69, 9.17) is 22.1 Å². The number of primary amides is 1. The first kappa shape index (κ1) is 19.3. The second-order valence-corrected chi connectivity index (χ2v) is 5.72. The number of carbonyl (C=O) groups excluding carboxylic acids is 3. The second-order valence-electron chi connectivity index (χ2n) is 5.28. The Labute approximate surface area is 155 Å². The van der Waals surface area contributed by atoms with Gasteiger partial charge in [0.05, 0.1) is 5.56 Å². The lowest BCUT2D eigenvalue weighted by atomic mass is 10.2. The lowest BCUT2D eigenvalue weighted by molar-refractivity contribution is -0.118. The molecule has 0 aromatic heterocycles. The smallest absolute Gasteiger partial charge is 0.262 e. The highest BCUT2D eigenvalue weighted by Crippen LogP contribution is 2.22. The summed E-state index contributed by atoms with van der Waals surface area (Å²) in [5.41, 5.74) is 6.24. The lowest BCUT2D eigenvalue weighted by Crippen LogP contribution is -2.24. The van der Waals surface area contributed by atoms with E-state index in [2.05, 4.69) is 10.6 Å². The molecule has 2 aromatic carbocycles. The maximum atomic E-state index is 12.1. The van der Waals surface area contributed by atoms with Crippen molar-refractivity contribution >= 4 is 35.0 Å². The van der Waals surface area contributed by atoms with E-state index >= 15 is 0 Å². The Kier molecular flexibility index (Phi) is 6.57. The Balaban J connectivity index is 2.01. The van der Waals surface area contributed by atoms with Crippen LogP contribution >= 0.6 is 11.6 Å².